The van der Waals surface area contributed by atoms with E-state index in [1.807, 2.05) is 13.1 Å². The summed E-state index contributed by atoms with van der Waals surface area (Å²) in [6, 6.07) is 12.2. The number of pyridine rings is 1. The number of hydrogen-bond donors (Lipinski definition) is 0. The molecule has 1 aliphatic rings. The Hall–Kier alpha value is -2.00. The van der Waals surface area contributed by atoms with Gasteiger partial charge >= 0.3 is 0 Å². The molecule has 3 aromatic rings. The molecule has 1 aliphatic heterocycles. The van der Waals surface area contributed by atoms with Crippen LogP contribution in [0.15, 0.2) is 58.4 Å². The van der Waals surface area contributed by atoms with E-state index in [0.717, 1.165) is 26.1 Å². The molecule has 4 rings (SSSR count). The van der Waals surface area contributed by atoms with Crippen molar-refractivity contribution in [3.05, 3.63) is 69.8 Å². The van der Waals surface area contributed by atoms with Crippen molar-refractivity contribution in [1.29, 1.82) is 0 Å². The molecule has 0 spiro atoms. The van der Waals surface area contributed by atoms with Gasteiger partial charge in [0.2, 0.25) is 0 Å². The van der Waals surface area contributed by atoms with Crippen LogP contribution in [0.3, 0.4) is 0 Å². The summed E-state index contributed by atoms with van der Waals surface area (Å²) >= 11 is 7.83. The van der Waals surface area contributed by atoms with Crippen molar-refractivity contribution in [2.75, 3.05) is 25.0 Å². The molecule has 30 heavy (non-hydrogen) atoms. The molecule has 2 aromatic heterocycles. The molecule has 0 amide bonds. The molecule has 0 N–H and O–H groups in total. The van der Waals surface area contributed by atoms with E-state index in [9.17, 15) is 8.42 Å². The predicted molar refractivity (Wildman–Crippen MR) is 121 cm³/mol. The summed E-state index contributed by atoms with van der Waals surface area (Å²) < 4.78 is 25.3. The minimum absolute atomic E-state index is 0.120. The van der Waals surface area contributed by atoms with E-state index in [1.165, 1.54) is 29.2 Å². The molecule has 3 heterocycles. The lowest BCUT2D eigenvalue weighted by atomic mass is 10.2. The highest BCUT2D eigenvalue weighted by Gasteiger charge is 2.28. The highest BCUT2D eigenvalue weighted by atomic mass is 35.5. The number of halogens is 1. The van der Waals surface area contributed by atoms with Gasteiger partial charge in [-0.05, 0) is 18.1 Å². The Morgan fingerprint density at radius 3 is 2.77 bits per heavy atom. The van der Waals surface area contributed by atoms with Crippen LogP contribution >= 0.6 is 22.9 Å². The number of anilines is 1. The lowest BCUT2D eigenvalue weighted by Crippen LogP contribution is -2.35. The van der Waals surface area contributed by atoms with Gasteiger partial charge in [-0.1, -0.05) is 41.9 Å². The van der Waals surface area contributed by atoms with Crippen LogP contribution in [0.25, 0.3) is 0 Å². The normalized spacial score (nSPS) is 17.3. The molecule has 158 valence electrons. The molecule has 1 fully saturated rings. The maximum absolute atomic E-state index is 12.7. The first-order chi connectivity index (χ1) is 14.4. The van der Waals surface area contributed by atoms with Crippen molar-refractivity contribution < 1.29 is 8.42 Å². The van der Waals surface area contributed by atoms with Crippen molar-refractivity contribution in [1.82, 2.24) is 14.9 Å². The van der Waals surface area contributed by atoms with Crippen molar-refractivity contribution in [3.63, 3.8) is 0 Å². The Morgan fingerprint density at radius 1 is 1.27 bits per heavy atom. The van der Waals surface area contributed by atoms with Gasteiger partial charge in [-0.2, -0.15) is 0 Å². The molecule has 0 bridgehead atoms. The smallest absolute Gasteiger partial charge is 0.185 e. The zero-order valence-electron chi connectivity index (χ0n) is 16.6. The first-order valence-corrected chi connectivity index (χ1v) is 12.6. The highest BCUT2D eigenvalue weighted by Crippen LogP contribution is 2.30. The number of likely N-dealkylation sites (N-methyl/N-ethyl adjacent to an activating group) is 1. The molecule has 1 atom stereocenters. The van der Waals surface area contributed by atoms with Gasteiger partial charge < -0.3 is 4.90 Å². The monoisotopic (exact) mass is 462 g/mol. The van der Waals surface area contributed by atoms with Crippen molar-refractivity contribution in [3.8, 4) is 0 Å². The standard InChI is InChI=1S/C21H23ClN4O2S2/c1-25(18-7-8-26(12-18)11-16-5-3-2-4-6-16)21-20(22)9-19(10-23-21)30(27,28)14-17-13-29-15-24-17/h2-6,9-10,13,15,18H,7-8,11-12,14H2,1H3/t18-/m0/s1. The second-order valence-electron chi connectivity index (χ2n) is 7.49. The molecule has 0 aliphatic carbocycles. The number of hydrogen-bond acceptors (Lipinski definition) is 7. The number of sulfone groups is 1. The van der Waals surface area contributed by atoms with E-state index in [1.54, 1.807) is 10.9 Å². The fourth-order valence-corrected chi connectivity index (χ4v) is 5.97. The van der Waals surface area contributed by atoms with Gasteiger partial charge in [0, 0.05) is 44.3 Å². The Morgan fingerprint density at radius 2 is 2.07 bits per heavy atom. The number of rotatable bonds is 7. The van der Waals surface area contributed by atoms with E-state index in [0.29, 0.717) is 16.5 Å². The molecule has 0 radical (unpaired) electrons. The van der Waals surface area contributed by atoms with Crippen LogP contribution in [0.1, 0.15) is 17.7 Å². The van der Waals surface area contributed by atoms with Crippen molar-refractivity contribution >= 4 is 38.6 Å². The molecule has 0 saturated carbocycles. The van der Waals surface area contributed by atoms with E-state index in [2.05, 4.69) is 44.0 Å². The zero-order chi connectivity index (χ0) is 21.1. The van der Waals surface area contributed by atoms with Crippen LogP contribution < -0.4 is 4.90 Å². The number of aromatic nitrogens is 2. The number of nitrogens with zero attached hydrogens (tertiary/aromatic N) is 4. The minimum atomic E-state index is -3.54. The van der Waals surface area contributed by atoms with E-state index in [-0.39, 0.29) is 16.7 Å². The number of benzene rings is 1. The molecular weight excluding hydrogens is 440 g/mol. The van der Waals surface area contributed by atoms with E-state index >= 15 is 0 Å². The Bertz CT molecular complexity index is 1090. The third kappa shape index (κ3) is 4.83. The van der Waals surface area contributed by atoms with Gasteiger partial charge in [0.05, 0.1) is 26.9 Å². The average Bonchev–Trinajstić information content (AvgIpc) is 3.40. The Balaban J connectivity index is 1.44. The molecule has 0 unspecified atom stereocenters. The second kappa shape index (κ2) is 9.01. The van der Waals surface area contributed by atoms with Gasteiger partial charge in [-0.15, -0.1) is 11.3 Å². The Kier molecular flexibility index (Phi) is 6.38. The van der Waals surface area contributed by atoms with Crippen LogP contribution in [0, 0.1) is 0 Å². The van der Waals surface area contributed by atoms with Crippen LogP contribution in [-0.2, 0) is 22.1 Å². The first-order valence-electron chi connectivity index (χ1n) is 9.67. The maximum Gasteiger partial charge on any atom is 0.185 e. The molecule has 6 nitrogen and oxygen atoms in total. The van der Waals surface area contributed by atoms with Gasteiger partial charge in [-0.25, -0.2) is 18.4 Å². The highest BCUT2D eigenvalue weighted by molar-refractivity contribution is 7.90. The first kappa shape index (κ1) is 21.2. The minimum Gasteiger partial charge on any atom is -0.354 e. The van der Waals surface area contributed by atoms with Crippen LogP contribution in [0.4, 0.5) is 5.82 Å². The van der Waals surface area contributed by atoms with Crippen LogP contribution in [0.5, 0.6) is 0 Å². The number of thiazole rings is 1. The lowest BCUT2D eigenvalue weighted by Gasteiger charge is -2.27. The summed E-state index contributed by atoms with van der Waals surface area (Å²) in [7, 11) is -1.57. The van der Waals surface area contributed by atoms with E-state index in [4.69, 9.17) is 11.6 Å². The largest absolute Gasteiger partial charge is 0.354 e. The van der Waals surface area contributed by atoms with Crippen LogP contribution in [0.2, 0.25) is 5.02 Å². The SMILES string of the molecule is CN(c1ncc(S(=O)(=O)Cc2cscn2)cc1Cl)[C@H]1CCN(Cc2ccccc2)C1. The Labute approximate surface area is 186 Å². The van der Waals surface area contributed by atoms with Gasteiger partial charge in [0.1, 0.15) is 5.82 Å². The quantitative estimate of drug-likeness (QED) is 0.531. The van der Waals surface area contributed by atoms with E-state index < -0.39 is 9.84 Å². The predicted octanol–water partition coefficient (Wildman–Crippen LogP) is 3.88. The molecule has 1 saturated heterocycles. The summed E-state index contributed by atoms with van der Waals surface area (Å²) in [4.78, 5) is 13.1. The summed E-state index contributed by atoms with van der Waals surface area (Å²) in [6.45, 7) is 2.83. The van der Waals surface area contributed by atoms with Crippen LogP contribution in [-0.4, -0.2) is 49.5 Å². The maximum atomic E-state index is 12.7. The molecular formula is C21H23ClN4O2S2. The summed E-state index contributed by atoms with van der Waals surface area (Å²) in [5.41, 5.74) is 3.45. The fourth-order valence-electron chi connectivity index (χ4n) is 3.72. The number of likely N-dealkylation sites (tertiary alicyclic amines) is 1. The summed E-state index contributed by atoms with van der Waals surface area (Å²) in [6.07, 6.45) is 2.40. The summed E-state index contributed by atoms with van der Waals surface area (Å²) in [5, 5.41) is 2.08. The van der Waals surface area contributed by atoms with Gasteiger partial charge in [-0.3, -0.25) is 4.90 Å². The third-order valence-corrected chi connectivity index (χ3v) is 7.89. The zero-order valence-corrected chi connectivity index (χ0v) is 19.0. The average molecular weight is 463 g/mol. The van der Waals surface area contributed by atoms with Crippen molar-refractivity contribution in [2.45, 2.75) is 29.7 Å². The topological polar surface area (TPSA) is 66.4 Å². The fraction of sp³-hybridized carbons (Fsp3) is 0.333. The second-order valence-corrected chi connectivity index (χ2v) is 10.6. The molecule has 1 aromatic carbocycles. The third-order valence-electron chi connectivity index (χ3n) is 5.36. The summed E-state index contributed by atoms with van der Waals surface area (Å²) in [5.74, 6) is 0.455. The van der Waals surface area contributed by atoms with Gasteiger partial charge in [0.15, 0.2) is 9.84 Å². The van der Waals surface area contributed by atoms with Crippen molar-refractivity contribution in [2.24, 2.45) is 0 Å². The van der Waals surface area contributed by atoms with Gasteiger partial charge in [0.25, 0.3) is 0 Å². The molecule has 9 heteroatoms. The lowest BCUT2D eigenvalue weighted by molar-refractivity contribution is 0.326.